The molecule has 2 saturated heterocycles. The third kappa shape index (κ3) is 0.877. The molecule has 10 unspecified atom stereocenters. The topological polar surface area (TPSA) is 71.1 Å². The van der Waals surface area contributed by atoms with Crippen LogP contribution in [0.15, 0.2) is 0 Å². The maximum absolute atomic E-state index is 12.9. The predicted molar refractivity (Wildman–Crippen MR) is 78.5 cm³/mol. The van der Waals surface area contributed by atoms with E-state index in [-0.39, 0.29) is 35.4 Å². The Bertz CT molecular complexity index is 700. The largest absolute Gasteiger partial charge is 0.467 e. The van der Waals surface area contributed by atoms with E-state index >= 15 is 0 Å². The van der Waals surface area contributed by atoms with Crippen molar-refractivity contribution in [3.63, 3.8) is 0 Å². The first-order valence-electron chi connectivity index (χ1n) is 8.87. The van der Waals surface area contributed by atoms with Gasteiger partial charge in [-0.1, -0.05) is 0 Å². The van der Waals surface area contributed by atoms with Crippen molar-refractivity contribution in [1.29, 1.82) is 0 Å². The second-order valence-electron chi connectivity index (χ2n) is 8.58. The van der Waals surface area contributed by atoms with Gasteiger partial charge in [0.25, 0.3) is 5.79 Å². The molecule has 0 radical (unpaired) electrons. The molecule has 24 heavy (non-hydrogen) atoms. The van der Waals surface area contributed by atoms with Crippen LogP contribution in [0.3, 0.4) is 0 Å². The van der Waals surface area contributed by atoms with Gasteiger partial charge in [-0.2, -0.15) is 0 Å². The molecule has 4 bridgehead atoms. The fourth-order valence-electron chi connectivity index (χ4n) is 9.06. The third-order valence-corrected chi connectivity index (χ3v) is 8.88. The molecule has 7 fully saturated rings. The van der Waals surface area contributed by atoms with Gasteiger partial charge in [0.2, 0.25) is 0 Å². The fraction of sp³-hybridized carbons (Fsp3) is 0.889. The summed E-state index contributed by atoms with van der Waals surface area (Å²) in [6, 6.07) is 0. The highest BCUT2D eigenvalue weighted by Crippen LogP contribution is 2.94. The van der Waals surface area contributed by atoms with E-state index in [1.807, 2.05) is 0 Å². The lowest BCUT2D eigenvalue weighted by Crippen LogP contribution is -2.67. The Balaban J connectivity index is 1.63. The quantitative estimate of drug-likeness (QED) is 0.543. The summed E-state index contributed by atoms with van der Waals surface area (Å²) < 4.78 is 23.3. The number of methoxy groups -OCH3 is 3. The van der Waals surface area contributed by atoms with E-state index in [2.05, 4.69) is 0 Å². The minimum atomic E-state index is -1.43. The van der Waals surface area contributed by atoms with E-state index < -0.39 is 17.0 Å². The maximum atomic E-state index is 12.9. The summed E-state index contributed by atoms with van der Waals surface area (Å²) in [6.07, 6.45) is 1.16. The van der Waals surface area contributed by atoms with Crippen LogP contribution in [0.4, 0.5) is 0 Å². The highest BCUT2D eigenvalue weighted by Gasteiger charge is 3.02. The van der Waals surface area contributed by atoms with Crippen molar-refractivity contribution in [3.05, 3.63) is 0 Å². The molecule has 0 aromatic carbocycles. The lowest BCUT2D eigenvalue weighted by molar-refractivity contribution is -0.298. The molecule has 7 aliphatic rings. The van der Waals surface area contributed by atoms with Crippen molar-refractivity contribution < 1.29 is 28.5 Å². The smallest absolute Gasteiger partial charge is 0.338 e. The molecule has 0 aromatic rings. The summed E-state index contributed by atoms with van der Waals surface area (Å²) in [5, 5.41) is 0. The second-order valence-corrected chi connectivity index (χ2v) is 8.58. The monoisotopic (exact) mass is 334 g/mol. The zero-order valence-corrected chi connectivity index (χ0v) is 14.3. The van der Waals surface area contributed by atoms with Gasteiger partial charge in [0.15, 0.2) is 11.4 Å². The van der Waals surface area contributed by atoms with E-state index in [1.54, 1.807) is 0 Å². The Hall–Kier alpha value is -0.980. The molecule has 0 spiro atoms. The van der Waals surface area contributed by atoms with Crippen LogP contribution < -0.4 is 0 Å². The van der Waals surface area contributed by atoms with E-state index in [0.29, 0.717) is 23.7 Å². The fourth-order valence-corrected chi connectivity index (χ4v) is 9.06. The highest BCUT2D eigenvalue weighted by molar-refractivity contribution is 5.89. The number of rotatable bonds is 5. The van der Waals surface area contributed by atoms with Crippen LogP contribution in [-0.4, -0.2) is 50.1 Å². The van der Waals surface area contributed by atoms with Gasteiger partial charge >= 0.3 is 5.97 Å². The molecule has 2 aliphatic heterocycles. The van der Waals surface area contributed by atoms with E-state index in [9.17, 15) is 9.59 Å². The molecule has 6 nitrogen and oxygen atoms in total. The maximum Gasteiger partial charge on any atom is 0.338 e. The van der Waals surface area contributed by atoms with Gasteiger partial charge in [-0.05, 0) is 30.1 Å². The van der Waals surface area contributed by atoms with E-state index in [4.69, 9.17) is 18.9 Å². The van der Waals surface area contributed by atoms with Crippen LogP contribution in [0.5, 0.6) is 0 Å². The zero-order valence-electron chi connectivity index (χ0n) is 14.3. The molecule has 10 atom stereocenters. The number of esters is 1. The minimum Gasteiger partial charge on any atom is -0.467 e. The molecule has 0 amide bonds. The minimum absolute atomic E-state index is 0.156. The summed E-state index contributed by atoms with van der Waals surface area (Å²) in [5.74, 6) is 0.967. The van der Waals surface area contributed by atoms with Crippen molar-refractivity contribution in [2.75, 3.05) is 21.3 Å². The summed E-state index contributed by atoms with van der Waals surface area (Å²) in [5.41, 5.74) is -1.71. The normalized spacial score (nSPS) is 59.5. The molecule has 0 N–H and O–H groups in total. The van der Waals surface area contributed by atoms with Crippen molar-refractivity contribution in [3.8, 4) is 0 Å². The predicted octanol–water partition coefficient (Wildman–Crippen LogP) is 0.633. The lowest BCUT2D eigenvalue weighted by Gasteiger charge is -2.51. The van der Waals surface area contributed by atoms with Crippen molar-refractivity contribution in [2.24, 2.45) is 47.3 Å². The zero-order chi connectivity index (χ0) is 16.8. The number of carbonyl (C=O) groups excluding carboxylic acids is 2. The van der Waals surface area contributed by atoms with E-state index in [1.165, 1.54) is 28.3 Å². The Kier molecular flexibility index (Phi) is 2.13. The van der Waals surface area contributed by atoms with Gasteiger partial charge in [0.05, 0.1) is 7.11 Å². The van der Waals surface area contributed by atoms with E-state index in [0.717, 1.165) is 6.42 Å². The Labute approximate surface area is 140 Å². The van der Waals surface area contributed by atoms with Gasteiger partial charge in [-0.3, -0.25) is 4.79 Å². The van der Waals surface area contributed by atoms with Crippen LogP contribution in [0, 0.1) is 47.3 Å². The number of hydrogen-bond acceptors (Lipinski definition) is 6. The van der Waals surface area contributed by atoms with Gasteiger partial charge in [-0.25, -0.2) is 4.79 Å². The standard InChI is InChI=1S/C18H22O6/c1-6(19)18(22-3,23-4)17-12-8-5-7-9-10(8)14(17)13(9)16(24-17,11(7)12)15(20)21-2/h7-14H,5H2,1-4H3. The van der Waals surface area contributed by atoms with Crippen molar-refractivity contribution in [1.82, 2.24) is 0 Å². The summed E-state index contributed by atoms with van der Waals surface area (Å²) in [7, 11) is 4.46. The molecule has 5 aliphatic carbocycles. The first kappa shape index (κ1) is 14.2. The molecule has 5 saturated carbocycles. The van der Waals surface area contributed by atoms with Gasteiger partial charge in [0, 0.05) is 44.8 Å². The SMILES string of the molecule is COC(=O)C12OC3(C(OC)(OC)C(C)=O)C4C5CC(C6C5C3C61)C42. The van der Waals surface area contributed by atoms with Crippen LogP contribution >= 0.6 is 0 Å². The average molecular weight is 334 g/mol. The van der Waals surface area contributed by atoms with Gasteiger partial charge in [-0.15, -0.1) is 0 Å². The van der Waals surface area contributed by atoms with Crippen LogP contribution in [0.25, 0.3) is 0 Å². The van der Waals surface area contributed by atoms with Gasteiger partial charge < -0.3 is 18.9 Å². The van der Waals surface area contributed by atoms with Gasteiger partial charge in [0.1, 0.15) is 5.60 Å². The average Bonchev–Trinajstić information content (AvgIpc) is 3.20. The molecule has 130 valence electrons. The Morgan fingerprint density at radius 2 is 1.62 bits per heavy atom. The number of ketones is 1. The van der Waals surface area contributed by atoms with Crippen molar-refractivity contribution >= 4 is 11.8 Å². The first-order valence-corrected chi connectivity index (χ1v) is 8.87. The molecule has 6 heteroatoms. The summed E-state index contributed by atoms with van der Waals surface area (Å²) in [6.45, 7) is 1.50. The molecular formula is C18H22O6. The highest BCUT2D eigenvalue weighted by atomic mass is 16.7. The number of Topliss-reactive ketones (excluding diaryl/α,β-unsaturated/α-hetero) is 1. The molecular weight excluding hydrogens is 312 g/mol. The molecule has 0 aromatic heterocycles. The summed E-state index contributed by atoms with van der Waals surface area (Å²) >= 11 is 0. The summed E-state index contributed by atoms with van der Waals surface area (Å²) in [4.78, 5) is 25.5. The van der Waals surface area contributed by atoms with Crippen LogP contribution in [-0.2, 0) is 28.5 Å². The molecule has 2 heterocycles. The lowest BCUT2D eigenvalue weighted by atomic mass is 9.53. The van der Waals surface area contributed by atoms with Crippen molar-refractivity contribution in [2.45, 2.75) is 30.3 Å². The number of ether oxygens (including phenoxy) is 4. The van der Waals surface area contributed by atoms with Crippen LogP contribution in [0.1, 0.15) is 13.3 Å². The number of carbonyl (C=O) groups is 2. The second kappa shape index (κ2) is 3.60. The van der Waals surface area contributed by atoms with Crippen LogP contribution in [0.2, 0.25) is 0 Å². The first-order chi connectivity index (χ1) is 11.5. The Morgan fingerprint density at radius 1 is 1.00 bits per heavy atom. The Morgan fingerprint density at radius 3 is 2.21 bits per heavy atom. The number of hydrogen-bond donors (Lipinski definition) is 0. The third-order valence-electron chi connectivity index (χ3n) is 8.88. The molecule has 7 rings (SSSR count).